The number of hydrogen-bond acceptors (Lipinski definition) is 5. The van der Waals surface area contributed by atoms with Crippen LogP contribution in [0.5, 0.6) is 0 Å². The van der Waals surface area contributed by atoms with Crippen LogP contribution in [0.4, 0.5) is 0 Å². The van der Waals surface area contributed by atoms with Crippen molar-refractivity contribution in [1.82, 2.24) is 14.6 Å². The van der Waals surface area contributed by atoms with E-state index in [4.69, 9.17) is 23.2 Å². The summed E-state index contributed by atoms with van der Waals surface area (Å²) in [6.45, 7) is 0. The van der Waals surface area contributed by atoms with Crippen molar-refractivity contribution in [1.29, 1.82) is 0 Å². The molecule has 0 aliphatic carbocycles. The zero-order valence-corrected chi connectivity index (χ0v) is 16.1. The minimum atomic E-state index is -0.438. The van der Waals surface area contributed by atoms with Crippen LogP contribution in [0.25, 0.3) is 11.0 Å². The molecule has 0 N–H and O–H groups in total. The Bertz CT molecular complexity index is 1320. The van der Waals surface area contributed by atoms with Crippen LogP contribution in [0.2, 0.25) is 10.0 Å². The normalized spacial score (nSPS) is 12.0. The van der Waals surface area contributed by atoms with E-state index >= 15 is 0 Å². The topological polar surface area (TPSA) is 64.3 Å². The Morgan fingerprint density at radius 3 is 2.63 bits per heavy atom. The molecule has 2 aromatic carbocycles. The highest BCUT2D eigenvalue weighted by Gasteiger charge is 2.12. The maximum absolute atomic E-state index is 12.7. The van der Waals surface area contributed by atoms with E-state index in [9.17, 15) is 9.59 Å². The van der Waals surface area contributed by atoms with E-state index in [2.05, 4.69) is 10.1 Å². The molecule has 2 heterocycles. The van der Waals surface area contributed by atoms with Gasteiger partial charge in [0.2, 0.25) is 4.96 Å². The highest BCUT2D eigenvalue weighted by molar-refractivity contribution is 7.15. The molecule has 0 aliphatic rings. The zero-order valence-electron chi connectivity index (χ0n) is 13.7. The maximum atomic E-state index is 12.7. The molecule has 2 aromatic heterocycles. The van der Waals surface area contributed by atoms with Gasteiger partial charge in [0.15, 0.2) is 0 Å². The molecule has 0 amide bonds. The zero-order chi connectivity index (χ0) is 19.0. The fourth-order valence-electron chi connectivity index (χ4n) is 2.61. The number of benzene rings is 2. The summed E-state index contributed by atoms with van der Waals surface area (Å²) in [7, 11) is 0. The molecular weight excluding hydrogens is 405 g/mol. The molecule has 0 radical (unpaired) electrons. The third kappa shape index (κ3) is 3.64. The Balaban J connectivity index is 1.85. The van der Waals surface area contributed by atoms with Gasteiger partial charge in [0.25, 0.3) is 11.1 Å². The van der Waals surface area contributed by atoms with Crippen molar-refractivity contribution in [3.63, 3.8) is 0 Å². The predicted molar refractivity (Wildman–Crippen MR) is 108 cm³/mol. The average Bonchev–Trinajstić information content (AvgIpc) is 2.94. The maximum Gasteiger partial charge on any atom is 0.296 e. The first-order chi connectivity index (χ1) is 13.0. The second-order valence-corrected chi connectivity index (χ2v) is 7.65. The molecule has 4 aromatic rings. The van der Waals surface area contributed by atoms with Crippen molar-refractivity contribution in [2.24, 2.45) is 0 Å². The van der Waals surface area contributed by atoms with Crippen molar-refractivity contribution in [3.05, 3.63) is 101 Å². The van der Waals surface area contributed by atoms with Crippen LogP contribution in [0.15, 0.2) is 58.1 Å². The van der Waals surface area contributed by atoms with Crippen LogP contribution in [-0.2, 0) is 6.42 Å². The largest absolute Gasteiger partial charge is 0.296 e. The minimum Gasteiger partial charge on any atom is -0.266 e. The number of hydrogen-bond donors (Lipinski definition) is 0. The van der Waals surface area contributed by atoms with Gasteiger partial charge < -0.3 is 0 Å². The van der Waals surface area contributed by atoms with Crippen LogP contribution >= 0.6 is 34.5 Å². The molecular formula is C19H11Cl2N3O2S. The number of aromatic nitrogens is 3. The molecule has 134 valence electrons. The van der Waals surface area contributed by atoms with E-state index in [1.807, 2.05) is 30.3 Å². The monoisotopic (exact) mass is 415 g/mol. The number of nitrogens with zero attached hydrogens (tertiary/aromatic N) is 3. The van der Waals surface area contributed by atoms with E-state index in [0.29, 0.717) is 26.6 Å². The smallest absolute Gasteiger partial charge is 0.266 e. The number of thiazole rings is 1. The first kappa shape index (κ1) is 17.9. The Kier molecular flexibility index (Phi) is 4.78. The SMILES string of the molecule is O=c1nc2sc(=Cc3cc(Cl)ccc3Cl)c(=O)n2nc1Cc1ccccc1. The van der Waals surface area contributed by atoms with Gasteiger partial charge in [-0.3, -0.25) is 9.59 Å². The fourth-order valence-corrected chi connectivity index (χ4v) is 3.86. The molecule has 27 heavy (non-hydrogen) atoms. The van der Waals surface area contributed by atoms with Crippen LogP contribution < -0.4 is 15.7 Å². The number of halogens is 2. The van der Waals surface area contributed by atoms with Crippen molar-refractivity contribution >= 4 is 45.6 Å². The molecule has 0 bridgehead atoms. The van der Waals surface area contributed by atoms with Gasteiger partial charge in [-0.1, -0.05) is 64.9 Å². The van der Waals surface area contributed by atoms with Gasteiger partial charge in [0, 0.05) is 16.5 Å². The molecule has 0 aliphatic heterocycles. The summed E-state index contributed by atoms with van der Waals surface area (Å²) >= 11 is 13.2. The van der Waals surface area contributed by atoms with E-state index in [1.165, 1.54) is 0 Å². The van der Waals surface area contributed by atoms with E-state index < -0.39 is 5.56 Å². The molecule has 5 nitrogen and oxygen atoms in total. The summed E-state index contributed by atoms with van der Waals surface area (Å²) in [6, 6.07) is 14.4. The molecule has 8 heteroatoms. The third-order valence-electron chi connectivity index (χ3n) is 3.91. The van der Waals surface area contributed by atoms with Crippen molar-refractivity contribution in [2.75, 3.05) is 0 Å². The Morgan fingerprint density at radius 1 is 1.07 bits per heavy atom. The fraction of sp³-hybridized carbons (Fsp3) is 0.0526. The summed E-state index contributed by atoms with van der Waals surface area (Å²) < 4.78 is 1.53. The number of rotatable bonds is 3. The lowest BCUT2D eigenvalue weighted by Gasteiger charge is -1.99. The lowest BCUT2D eigenvalue weighted by Crippen LogP contribution is -2.28. The Hall–Kier alpha value is -2.54. The average molecular weight is 416 g/mol. The molecule has 0 saturated heterocycles. The summed E-state index contributed by atoms with van der Waals surface area (Å²) in [5.74, 6) is 0. The van der Waals surface area contributed by atoms with E-state index in [0.717, 1.165) is 21.4 Å². The van der Waals surface area contributed by atoms with Gasteiger partial charge in [0.1, 0.15) is 5.69 Å². The van der Waals surface area contributed by atoms with Crippen LogP contribution in [0.3, 0.4) is 0 Å². The predicted octanol–water partition coefficient (Wildman–Crippen LogP) is 2.96. The Labute approximate surface area is 167 Å². The summed E-state index contributed by atoms with van der Waals surface area (Å²) in [5.41, 5.74) is 0.963. The Morgan fingerprint density at radius 2 is 1.85 bits per heavy atom. The molecule has 0 fully saturated rings. The minimum absolute atomic E-state index is 0.223. The molecule has 4 rings (SSSR count). The van der Waals surface area contributed by atoms with Crippen molar-refractivity contribution in [3.8, 4) is 0 Å². The van der Waals surface area contributed by atoms with Gasteiger partial charge >= 0.3 is 0 Å². The second kappa shape index (κ2) is 7.23. The lowest BCUT2D eigenvalue weighted by molar-refractivity contribution is 0.811. The van der Waals surface area contributed by atoms with E-state index in [1.54, 1.807) is 24.3 Å². The van der Waals surface area contributed by atoms with Crippen LogP contribution in [-0.4, -0.2) is 14.6 Å². The van der Waals surface area contributed by atoms with E-state index in [-0.39, 0.29) is 16.2 Å². The highest BCUT2D eigenvalue weighted by atomic mass is 35.5. The summed E-state index contributed by atoms with van der Waals surface area (Å²) in [6.07, 6.45) is 1.93. The van der Waals surface area contributed by atoms with Crippen molar-refractivity contribution in [2.45, 2.75) is 6.42 Å². The van der Waals surface area contributed by atoms with Crippen molar-refractivity contribution < 1.29 is 0 Å². The second-order valence-electron chi connectivity index (χ2n) is 5.80. The van der Waals surface area contributed by atoms with Gasteiger partial charge in [0.05, 0.1) is 4.53 Å². The molecule has 0 saturated carbocycles. The first-order valence-corrected chi connectivity index (χ1v) is 9.52. The highest BCUT2D eigenvalue weighted by Crippen LogP contribution is 2.21. The van der Waals surface area contributed by atoms with Gasteiger partial charge in [-0.2, -0.15) is 14.6 Å². The number of fused-ring (bicyclic) bond motifs is 1. The summed E-state index contributed by atoms with van der Waals surface area (Å²) in [5, 5.41) is 5.21. The first-order valence-electron chi connectivity index (χ1n) is 7.95. The third-order valence-corrected chi connectivity index (χ3v) is 5.45. The van der Waals surface area contributed by atoms with Gasteiger partial charge in [-0.25, -0.2) is 0 Å². The summed E-state index contributed by atoms with van der Waals surface area (Å²) in [4.78, 5) is 29.3. The molecule has 0 unspecified atom stereocenters. The van der Waals surface area contributed by atoms with Crippen LogP contribution in [0, 0.1) is 0 Å². The molecule has 0 spiro atoms. The molecule has 0 atom stereocenters. The van der Waals surface area contributed by atoms with Crippen LogP contribution in [0.1, 0.15) is 16.8 Å². The van der Waals surface area contributed by atoms with Gasteiger partial charge in [-0.05, 0) is 35.4 Å². The standard InChI is InChI=1S/C19H11Cl2N3O2S/c20-13-6-7-14(21)12(9-13)10-16-18(26)24-19(27-16)22-17(25)15(23-24)8-11-4-2-1-3-5-11/h1-7,9-10H,8H2. The van der Waals surface area contributed by atoms with Gasteiger partial charge in [-0.15, -0.1) is 0 Å². The lowest BCUT2D eigenvalue weighted by atomic mass is 10.1. The quantitative estimate of drug-likeness (QED) is 0.515.